The van der Waals surface area contributed by atoms with Crippen LogP contribution in [0.1, 0.15) is 36.1 Å². The maximum atomic E-state index is 11.6. The van der Waals surface area contributed by atoms with Gasteiger partial charge in [-0.1, -0.05) is 30.3 Å². The highest BCUT2D eigenvalue weighted by Gasteiger charge is 2.27. The van der Waals surface area contributed by atoms with Crippen molar-refractivity contribution in [2.24, 2.45) is 17.8 Å². The van der Waals surface area contributed by atoms with Crippen LogP contribution in [0.5, 0.6) is 0 Å². The minimum absolute atomic E-state index is 0.541. The van der Waals surface area contributed by atoms with Crippen molar-refractivity contribution in [1.82, 2.24) is 9.47 Å². The van der Waals surface area contributed by atoms with Crippen molar-refractivity contribution in [3.05, 3.63) is 65.4 Å². The number of rotatable bonds is 8. The van der Waals surface area contributed by atoms with E-state index < -0.39 is 0 Å². The van der Waals surface area contributed by atoms with Crippen molar-refractivity contribution in [3.8, 4) is 0 Å². The summed E-state index contributed by atoms with van der Waals surface area (Å²) in [5, 5.41) is 3.57. The molecule has 0 saturated carbocycles. The second kappa shape index (κ2) is 9.84. The molecule has 1 fully saturated rings. The molecular weight excluding hydrogens is 454 g/mol. The summed E-state index contributed by atoms with van der Waals surface area (Å²) in [4.78, 5) is 20.1. The minimum Gasteiger partial charge on any atom is -0.384 e. The summed E-state index contributed by atoms with van der Waals surface area (Å²) in [5.74, 6) is 0.566. The second-order valence-corrected chi connectivity index (χ2v) is 10.5. The van der Waals surface area contributed by atoms with Crippen LogP contribution in [0.3, 0.4) is 0 Å². The van der Waals surface area contributed by atoms with Gasteiger partial charge < -0.3 is 15.2 Å². The SMILES string of the molecule is CN=C(N)c1ccc2cc(CC[C@@H]3CCCN3Cc3c(N(C)C=O)sc4ccccc34)n(C)c2c1. The van der Waals surface area contributed by atoms with Crippen molar-refractivity contribution in [2.45, 2.75) is 38.3 Å². The number of nitrogens with zero attached hydrogens (tertiary/aromatic N) is 4. The van der Waals surface area contributed by atoms with E-state index in [1.807, 2.05) is 13.1 Å². The monoisotopic (exact) mass is 487 g/mol. The highest BCUT2D eigenvalue weighted by Crippen LogP contribution is 2.39. The van der Waals surface area contributed by atoms with Crippen LogP contribution in [0.15, 0.2) is 53.5 Å². The molecule has 182 valence electrons. The summed E-state index contributed by atoms with van der Waals surface area (Å²) in [5.41, 5.74) is 10.8. The van der Waals surface area contributed by atoms with E-state index >= 15 is 0 Å². The van der Waals surface area contributed by atoms with Gasteiger partial charge in [0.05, 0.1) is 0 Å². The number of aromatic nitrogens is 1. The largest absolute Gasteiger partial charge is 0.384 e. The predicted octanol–water partition coefficient (Wildman–Crippen LogP) is 4.92. The number of anilines is 1. The van der Waals surface area contributed by atoms with Gasteiger partial charge in [0.2, 0.25) is 6.41 Å². The molecular formula is C28H33N5OS. The summed E-state index contributed by atoms with van der Waals surface area (Å²) in [6, 6.07) is 17.7. The lowest BCUT2D eigenvalue weighted by molar-refractivity contribution is -0.107. The zero-order valence-electron chi connectivity index (χ0n) is 20.7. The van der Waals surface area contributed by atoms with E-state index in [-0.39, 0.29) is 0 Å². The Morgan fingerprint density at radius 3 is 2.89 bits per heavy atom. The molecule has 1 saturated heterocycles. The van der Waals surface area contributed by atoms with Crippen LogP contribution in [-0.4, -0.2) is 48.4 Å². The van der Waals surface area contributed by atoms with Gasteiger partial charge in [-0.15, -0.1) is 11.3 Å². The third kappa shape index (κ3) is 4.46. The first kappa shape index (κ1) is 23.6. The number of amidine groups is 1. The Morgan fingerprint density at radius 2 is 2.09 bits per heavy atom. The van der Waals surface area contributed by atoms with Crippen LogP contribution in [0, 0.1) is 0 Å². The second-order valence-electron chi connectivity index (χ2n) is 9.48. The van der Waals surface area contributed by atoms with Crippen molar-refractivity contribution in [1.29, 1.82) is 0 Å². The lowest BCUT2D eigenvalue weighted by atomic mass is 10.1. The number of likely N-dealkylation sites (tertiary alicyclic amines) is 1. The molecule has 2 aromatic carbocycles. The van der Waals surface area contributed by atoms with Crippen LogP contribution >= 0.6 is 11.3 Å². The standard InChI is InChI=1S/C28H33N5OS/c1-30-27(29)20-11-10-19-15-22(32(3)25(19)16-20)13-12-21-7-6-14-33(21)17-24-23-8-4-5-9-26(23)35-28(24)31(2)18-34/h4-5,8-11,15-16,18,21H,6-7,12-14,17H2,1-3H3,(H2,29,30)/t21-/m0/s1. The first-order valence-electron chi connectivity index (χ1n) is 12.2. The number of nitrogens with two attached hydrogens (primary N) is 1. The number of aryl methyl sites for hydroxylation is 2. The van der Waals surface area contributed by atoms with E-state index in [1.54, 1.807) is 23.3 Å². The quantitative estimate of drug-likeness (QED) is 0.218. The van der Waals surface area contributed by atoms with Crippen LogP contribution < -0.4 is 10.6 Å². The summed E-state index contributed by atoms with van der Waals surface area (Å²) in [6.45, 7) is 1.99. The lowest BCUT2D eigenvalue weighted by Gasteiger charge is -2.25. The Morgan fingerprint density at radius 1 is 1.26 bits per heavy atom. The molecule has 6 nitrogen and oxygen atoms in total. The van der Waals surface area contributed by atoms with E-state index in [0.29, 0.717) is 11.9 Å². The van der Waals surface area contributed by atoms with E-state index in [1.165, 1.54) is 45.1 Å². The zero-order chi connectivity index (χ0) is 24.5. The van der Waals surface area contributed by atoms with Gasteiger partial charge in [-0.05, 0) is 61.2 Å². The Labute approximate surface area is 210 Å². The summed E-state index contributed by atoms with van der Waals surface area (Å²) in [7, 11) is 5.72. The molecule has 1 aliphatic rings. The maximum Gasteiger partial charge on any atom is 0.214 e. The third-order valence-electron chi connectivity index (χ3n) is 7.43. The number of benzene rings is 2. The fourth-order valence-corrected chi connectivity index (χ4v) is 6.58. The number of carbonyl (C=O) groups is 1. The topological polar surface area (TPSA) is 66.9 Å². The van der Waals surface area contributed by atoms with Crippen LogP contribution in [0.2, 0.25) is 0 Å². The van der Waals surface area contributed by atoms with Crippen molar-refractivity contribution in [3.63, 3.8) is 0 Å². The first-order valence-corrected chi connectivity index (χ1v) is 13.1. The Balaban J connectivity index is 1.35. The average molecular weight is 488 g/mol. The Bertz CT molecular complexity index is 1400. The molecule has 35 heavy (non-hydrogen) atoms. The summed E-state index contributed by atoms with van der Waals surface area (Å²) in [6.07, 6.45) is 5.51. The van der Waals surface area contributed by atoms with Gasteiger partial charge in [0.25, 0.3) is 0 Å². The number of hydrogen-bond acceptors (Lipinski definition) is 4. The molecule has 2 N–H and O–H groups in total. The maximum absolute atomic E-state index is 11.6. The van der Waals surface area contributed by atoms with Gasteiger partial charge in [-0.2, -0.15) is 0 Å². The normalized spacial score (nSPS) is 17.0. The van der Waals surface area contributed by atoms with Gasteiger partial charge in [0.15, 0.2) is 0 Å². The Hall–Kier alpha value is -3.16. The predicted molar refractivity (Wildman–Crippen MR) is 148 cm³/mol. The number of aliphatic imine (C=N–C) groups is 1. The van der Waals surface area contributed by atoms with Crippen molar-refractivity contribution < 1.29 is 4.79 Å². The zero-order valence-corrected chi connectivity index (χ0v) is 21.5. The molecule has 2 aromatic heterocycles. The minimum atomic E-state index is 0.541. The molecule has 1 atom stereocenters. The molecule has 3 heterocycles. The molecule has 4 aromatic rings. The number of amides is 1. The molecule has 1 aliphatic heterocycles. The highest BCUT2D eigenvalue weighted by molar-refractivity contribution is 7.23. The smallest absolute Gasteiger partial charge is 0.214 e. The Kier molecular flexibility index (Phi) is 6.62. The molecule has 0 spiro atoms. The van der Waals surface area contributed by atoms with Crippen LogP contribution in [0.4, 0.5) is 5.00 Å². The van der Waals surface area contributed by atoms with E-state index in [0.717, 1.165) is 42.9 Å². The molecule has 0 unspecified atom stereocenters. The van der Waals surface area contributed by atoms with Gasteiger partial charge >= 0.3 is 0 Å². The molecule has 0 bridgehead atoms. The highest BCUT2D eigenvalue weighted by atomic mass is 32.1. The number of thiophene rings is 1. The number of hydrogen-bond donors (Lipinski definition) is 1. The number of fused-ring (bicyclic) bond motifs is 2. The molecule has 1 amide bonds. The van der Waals surface area contributed by atoms with Crippen LogP contribution in [0.25, 0.3) is 21.0 Å². The van der Waals surface area contributed by atoms with E-state index in [2.05, 4.69) is 64.0 Å². The lowest BCUT2D eigenvalue weighted by Crippen LogP contribution is -2.30. The molecule has 0 radical (unpaired) electrons. The van der Waals surface area contributed by atoms with Gasteiger partial charge in [-0.3, -0.25) is 14.7 Å². The molecule has 0 aliphatic carbocycles. The third-order valence-corrected chi connectivity index (χ3v) is 8.73. The average Bonchev–Trinajstić information content (AvgIpc) is 3.58. The fraction of sp³-hybridized carbons (Fsp3) is 0.357. The van der Waals surface area contributed by atoms with Gasteiger partial charge in [-0.25, -0.2) is 0 Å². The fourth-order valence-electron chi connectivity index (χ4n) is 5.43. The van der Waals surface area contributed by atoms with Crippen molar-refractivity contribution >= 4 is 49.6 Å². The number of carbonyl (C=O) groups excluding carboxylic acids is 1. The van der Waals surface area contributed by atoms with Gasteiger partial charge in [0, 0.05) is 60.8 Å². The van der Waals surface area contributed by atoms with E-state index in [9.17, 15) is 4.79 Å². The van der Waals surface area contributed by atoms with Crippen LogP contribution in [-0.2, 0) is 24.8 Å². The van der Waals surface area contributed by atoms with Gasteiger partial charge in [0.1, 0.15) is 10.8 Å². The molecule has 7 heteroatoms. The summed E-state index contributed by atoms with van der Waals surface area (Å²) < 4.78 is 3.54. The van der Waals surface area contributed by atoms with Crippen molar-refractivity contribution in [2.75, 3.05) is 25.5 Å². The van der Waals surface area contributed by atoms with E-state index in [4.69, 9.17) is 5.73 Å². The first-order chi connectivity index (χ1) is 17.0. The summed E-state index contributed by atoms with van der Waals surface area (Å²) >= 11 is 1.71. The molecule has 5 rings (SSSR count).